The molecular weight excluding hydrogens is 278 g/mol. The van der Waals surface area contributed by atoms with Gasteiger partial charge in [0.1, 0.15) is 6.07 Å². The first-order valence-electron chi connectivity index (χ1n) is 7.28. The molecule has 1 aromatic carbocycles. The number of thioether (sulfide) groups is 1. The summed E-state index contributed by atoms with van der Waals surface area (Å²) in [6.45, 7) is 9.40. The first kappa shape index (κ1) is 17.9. The number of nitriles is 1. The van der Waals surface area contributed by atoms with Gasteiger partial charge in [-0.3, -0.25) is 0 Å². The van der Waals surface area contributed by atoms with Crippen LogP contribution in [-0.4, -0.2) is 30.6 Å². The lowest BCUT2D eigenvalue weighted by molar-refractivity contribution is 0.424. The van der Waals surface area contributed by atoms with E-state index in [4.69, 9.17) is 0 Å². The van der Waals surface area contributed by atoms with Crippen LogP contribution in [0.4, 0.5) is 5.69 Å². The van der Waals surface area contributed by atoms with E-state index in [1.165, 1.54) is 0 Å². The summed E-state index contributed by atoms with van der Waals surface area (Å²) in [7, 11) is 2.06. The molecule has 4 heteroatoms. The molecule has 21 heavy (non-hydrogen) atoms. The van der Waals surface area contributed by atoms with Gasteiger partial charge in [-0.1, -0.05) is 6.07 Å². The zero-order chi connectivity index (χ0) is 16.0. The maximum absolute atomic E-state index is 9.43. The number of anilines is 1. The van der Waals surface area contributed by atoms with E-state index >= 15 is 0 Å². The van der Waals surface area contributed by atoms with E-state index in [1.54, 1.807) is 0 Å². The highest BCUT2D eigenvalue weighted by atomic mass is 32.2. The molecule has 0 aliphatic carbocycles. The highest BCUT2D eigenvalue weighted by Crippen LogP contribution is 2.23. The van der Waals surface area contributed by atoms with E-state index in [2.05, 4.69) is 69.4 Å². The van der Waals surface area contributed by atoms with Crippen LogP contribution in [0.3, 0.4) is 0 Å². The van der Waals surface area contributed by atoms with Crippen LogP contribution in [0.5, 0.6) is 0 Å². The monoisotopic (exact) mass is 305 g/mol. The molecular formula is C17H27N3S. The third-order valence-corrected chi connectivity index (χ3v) is 4.27. The van der Waals surface area contributed by atoms with E-state index in [9.17, 15) is 5.26 Å². The van der Waals surface area contributed by atoms with Crippen LogP contribution in [0.25, 0.3) is 0 Å². The summed E-state index contributed by atoms with van der Waals surface area (Å²) in [5, 5.41) is 12.9. The molecule has 1 unspecified atom stereocenters. The van der Waals surface area contributed by atoms with Crippen molar-refractivity contribution in [2.45, 2.75) is 45.8 Å². The molecule has 0 spiro atoms. The standard InChI is InChI=1S/C17H27N3S/c1-13(12-21-6)20(5)16-8-7-14(9-15(16)10-18)11-19-17(2,3)4/h7-9,13,19H,11-12H2,1-6H3. The zero-order valence-electron chi connectivity index (χ0n) is 14.0. The molecule has 0 aliphatic rings. The molecule has 0 saturated heterocycles. The molecule has 116 valence electrons. The Bertz CT molecular complexity index is 500. The second-order valence-corrected chi connectivity index (χ2v) is 7.39. The molecule has 1 aromatic rings. The van der Waals surface area contributed by atoms with E-state index in [0.717, 1.165) is 29.1 Å². The van der Waals surface area contributed by atoms with Crippen LogP contribution in [0, 0.1) is 11.3 Å². The van der Waals surface area contributed by atoms with Crippen LogP contribution in [0.2, 0.25) is 0 Å². The van der Waals surface area contributed by atoms with E-state index < -0.39 is 0 Å². The Morgan fingerprint density at radius 3 is 2.57 bits per heavy atom. The van der Waals surface area contributed by atoms with Crippen molar-refractivity contribution in [3.05, 3.63) is 29.3 Å². The second kappa shape index (κ2) is 7.72. The van der Waals surface area contributed by atoms with Crippen molar-refractivity contribution >= 4 is 17.4 Å². The molecule has 3 nitrogen and oxygen atoms in total. The number of rotatable bonds is 6. The Labute approximate surface area is 133 Å². The molecule has 1 N–H and O–H groups in total. The number of nitrogens with zero attached hydrogens (tertiary/aromatic N) is 2. The van der Waals surface area contributed by atoms with E-state index in [-0.39, 0.29) is 5.54 Å². The van der Waals surface area contributed by atoms with Crippen molar-refractivity contribution < 1.29 is 0 Å². The fraction of sp³-hybridized carbons (Fsp3) is 0.588. The smallest absolute Gasteiger partial charge is 0.101 e. The second-order valence-electron chi connectivity index (χ2n) is 6.48. The molecule has 0 radical (unpaired) electrons. The van der Waals surface area contributed by atoms with Gasteiger partial charge >= 0.3 is 0 Å². The Kier molecular flexibility index (Phi) is 6.57. The van der Waals surface area contributed by atoms with Gasteiger partial charge in [0, 0.05) is 30.9 Å². The number of nitrogens with one attached hydrogen (secondary N) is 1. The summed E-state index contributed by atoms with van der Waals surface area (Å²) in [6, 6.07) is 8.91. The minimum Gasteiger partial charge on any atom is -0.370 e. The maximum atomic E-state index is 9.43. The Hall–Kier alpha value is -1.18. The van der Waals surface area contributed by atoms with Crippen LogP contribution in [0.1, 0.15) is 38.8 Å². The summed E-state index contributed by atoms with van der Waals surface area (Å²) >= 11 is 1.83. The van der Waals surface area contributed by atoms with Gasteiger partial charge in [-0.25, -0.2) is 0 Å². The fourth-order valence-corrected chi connectivity index (χ4v) is 2.75. The third-order valence-electron chi connectivity index (χ3n) is 3.45. The SMILES string of the molecule is CSCC(C)N(C)c1ccc(CNC(C)(C)C)cc1C#N. The minimum absolute atomic E-state index is 0.0785. The van der Waals surface area contributed by atoms with Gasteiger partial charge in [0.15, 0.2) is 0 Å². The number of hydrogen-bond donors (Lipinski definition) is 1. The molecule has 1 rings (SSSR count). The topological polar surface area (TPSA) is 39.1 Å². The lowest BCUT2D eigenvalue weighted by Crippen LogP contribution is -2.35. The van der Waals surface area contributed by atoms with Crippen LogP contribution < -0.4 is 10.2 Å². The van der Waals surface area contributed by atoms with Gasteiger partial charge in [-0.15, -0.1) is 0 Å². The Balaban J connectivity index is 2.92. The van der Waals surface area contributed by atoms with Crippen molar-refractivity contribution in [3.63, 3.8) is 0 Å². The average molecular weight is 305 g/mol. The summed E-state index contributed by atoms with van der Waals surface area (Å²) < 4.78 is 0. The van der Waals surface area contributed by atoms with Crippen LogP contribution in [0.15, 0.2) is 18.2 Å². The average Bonchev–Trinajstić information content (AvgIpc) is 2.43. The lowest BCUT2D eigenvalue weighted by Gasteiger charge is -2.28. The van der Waals surface area contributed by atoms with E-state index in [0.29, 0.717) is 6.04 Å². The van der Waals surface area contributed by atoms with Gasteiger partial charge < -0.3 is 10.2 Å². The van der Waals surface area contributed by atoms with Gasteiger partial charge in [-0.2, -0.15) is 17.0 Å². The number of benzene rings is 1. The van der Waals surface area contributed by atoms with E-state index in [1.807, 2.05) is 17.8 Å². The summed E-state index contributed by atoms with van der Waals surface area (Å²) in [6.07, 6.45) is 2.11. The first-order valence-corrected chi connectivity index (χ1v) is 8.67. The highest BCUT2D eigenvalue weighted by Gasteiger charge is 2.14. The first-order chi connectivity index (χ1) is 9.78. The van der Waals surface area contributed by atoms with Gasteiger partial charge in [0.05, 0.1) is 11.3 Å². The lowest BCUT2D eigenvalue weighted by atomic mass is 10.1. The van der Waals surface area contributed by atoms with Crippen molar-refractivity contribution in [1.82, 2.24) is 5.32 Å². The van der Waals surface area contributed by atoms with Crippen molar-refractivity contribution in [2.24, 2.45) is 0 Å². The van der Waals surface area contributed by atoms with Crippen molar-refractivity contribution in [2.75, 3.05) is 24.0 Å². The largest absolute Gasteiger partial charge is 0.370 e. The molecule has 0 aliphatic heterocycles. The molecule has 0 saturated carbocycles. The summed E-state index contributed by atoms with van der Waals surface area (Å²) in [5.41, 5.74) is 2.99. The molecule has 0 fully saturated rings. The van der Waals surface area contributed by atoms with Crippen molar-refractivity contribution in [3.8, 4) is 6.07 Å². The fourth-order valence-electron chi connectivity index (χ4n) is 2.05. The maximum Gasteiger partial charge on any atom is 0.101 e. The molecule has 0 bridgehead atoms. The predicted molar refractivity (Wildman–Crippen MR) is 94.0 cm³/mol. The molecule has 0 amide bonds. The normalized spacial score (nSPS) is 12.8. The Morgan fingerprint density at radius 1 is 1.38 bits per heavy atom. The number of hydrogen-bond acceptors (Lipinski definition) is 4. The highest BCUT2D eigenvalue weighted by molar-refractivity contribution is 7.98. The molecule has 0 aromatic heterocycles. The summed E-state index contributed by atoms with van der Waals surface area (Å²) in [5.74, 6) is 1.05. The van der Waals surface area contributed by atoms with Gasteiger partial charge in [-0.05, 0) is 51.6 Å². The summed E-state index contributed by atoms with van der Waals surface area (Å²) in [4.78, 5) is 2.19. The molecule has 0 heterocycles. The zero-order valence-corrected chi connectivity index (χ0v) is 14.8. The third kappa shape index (κ3) is 5.61. The van der Waals surface area contributed by atoms with Crippen LogP contribution in [-0.2, 0) is 6.54 Å². The minimum atomic E-state index is 0.0785. The predicted octanol–water partition coefficient (Wildman–Crippen LogP) is 3.63. The van der Waals surface area contributed by atoms with Crippen molar-refractivity contribution in [1.29, 1.82) is 5.26 Å². The van der Waals surface area contributed by atoms with Crippen LogP contribution >= 0.6 is 11.8 Å². The Morgan fingerprint density at radius 2 is 2.05 bits per heavy atom. The molecule has 1 atom stereocenters. The quantitative estimate of drug-likeness (QED) is 0.871. The van der Waals surface area contributed by atoms with Gasteiger partial charge in [0.2, 0.25) is 0 Å². The van der Waals surface area contributed by atoms with Gasteiger partial charge in [0.25, 0.3) is 0 Å².